The van der Waals surface area contributed by atoms with E-state index in [9.17, 15) is 44.0 Å². The van der Waals surface area contributed by atoms with Gasteiger partial charge in [0.05, 0.1) is 6.61 Å². The summed E-state index contributed by atoms with van der Waals surface area (Å²) in [5.41, 5.74) is 0. The molecule has 0 aromatic carbocycles. The van der Waals surface area contributed by atoms with Gasteiger partial charge in [0.1, 0.15) is 43.2 Å². The van der Waals surface area contributed by atoms with Gasteiger partial charge in [-0.2, -0.15) is 0 Å². The number of hydrogen-bond donors (Lipinski definition) is 7. The molecule has 0 aliphatic heterocycles. The number of carbonyl (C=O) groups is 2. The lowest BCUT2D eigenvalue weighted by atomic mass is 9.85. The maximum Gasteiger partial charge on any atom is 0.472 e. The third-order valence-corrected chi connectivity index (χ3v) is 12.2. The maximum atomic E-state index is 12.9. The summed E-state index contributed by atoms with van der Waals surface area (Å²) in [6.45, 7) is 3.13. The highest BCUT2D eigenvalue weighted by Gasteiger charge is 2.54. The minimum Gasteiger partial charge on any atom is -0.462 e. The monoisotopic (exact) mass is 890 g/mol. The first kappa shape index (κ1) is 56.0. The van der Waals surface area contributed by atoms with Crippen LogP contribution in [-0.2, 0) is 41.8 Å². The zero-order valence-corrected chi connectivity index (χ0v) is 37.7. The van der Waals surface area contributed by atoms with Crippen molar-refractivity contribution in [3.8, 4) is 0 Å². The zero-order valence-electron chi connectivity index (χ0n) is 36.0. The van der Waals surface area contributed by atoms with Crippen LogP contribution < -0.4 is 0 Å². The minimum absolute atomic E-state index is 0.0581. The fourth-order valence-electron chi connectivity index (χ4n) is 7.14. The summed E-state index contributed by atoms with van der Waals surface area (Å²) in [5.74, 6) is -1.18. The second kappa shape index (κ2) is 33.5. The minimum atomic E-state index is -5.30. The van der Waals surface area contributed by atoms with Crippen LogP contribution in [0.3, 0.4) is 0 Å². The van der Waals surface area contributed by atoms with Crippen LogP contribution in [0.25, 0.3) is 0 Å². The largest absolute Gasteiger partial charge is 0.472 e. The summed E-state index contributed by atoms with van der Waals surface area (Å²) < 4.78 is 49.0. The molecule has 0 heterocycles. The Morgan fingerprint density at radius 1 is 0.475 bits per heavy atom. The molecular formula is C41H80O16P2. The Kier molecular flexibility index (Phi) is 31.8. The Morgan fingerprint density at radius 3 is 1.15 bits per heavy atom. The Labute approximate surface area is 353 Å². The maximum absolute atomic E-state index is 12.9. The van der Waals surface area contributed by atoms with Crippen molar-refractivity contribution in [2.45, 2.75) is 236 Å². The van der Waals surface area contributed by atoms with E-state index in [1.54, 1.807) is 0 Å². The highest BCUT2D eigenvalue weighted by atomic mass is 31.2. The second-order valence-corrected chi connectivity index (χ2v) is 18.7. The van der Waals surface area contributed by atoms with Crippen LogP contribution >= 0.6 is 15.6 Å². The van der Waals surface area contributed by atoms with Crippen LogP contribution in [0.1, 0.15) is 194 Å². The van der Waals surface area contributed by atoms with E-state index < -0.39 is 83.5 Å². The third-order valence-electron chi connectivity index (χ3n) is 10.7. The first-order valence-electron chi connectivity index (χ1n) is 22.6. The van der Waals surface area contributed by atoms with Crippen molar-refractivity contribution < 1.29 is 76.9 Å². The number of ether oxygens (including phenoxy) is 2. The molecule has 1 aliphatic carbocycles. The van der Waals surface area contributed by atoms with Crippen LogP contribution in [0.5, 0.6) is 0 Å². The highest BCUT2D eigenvalue weighted by molar-refractivity contribution is 7.47. The molecular weight excluding hydrogens is 810 g/mol. The van der Waals surface area contributed by atoms with Gasteiger partial charge in [-0.05, 0) is 12.8 Å². The van der Waals surface area contributed by atoms with Gasteiger partial charge in [-0.1, -0.05) is 168 Å². The Balaban J connectivity index is 2.59. The van der Waals surface area contributed by atoms with Gasteiger partial charge in [-0.3, -0.25) is 23.2 Å². The first-order chi connectivity index (χ1) is 28.1. The van der Waals surface area contributed by atoms with E-state index >= 15 is 0 Å². The molecule has 0 aromatic heterocycles. The lowest BCUT2D eigenvalue weighted by Gasteiger charge is -2.43. The fraction of sp³-hybridized carbons (Fsp3) is 0.951. The van der Waals surface area contributed by atoms with Gasteiger partial charge in [0, 0.05) is 12.8 Å². The number of carbonyl (C=O) groups excluding carboxylic acids is 2. The third kappa shape index (κ3) is 28.3. The lowest BCUT2D eigenvalue weighted by Crippen LogP contribution is -2.64. The van der Waals surface area contributed by atoms with Crippen molar-refractivity contribution in [3.05, 3.63) is 0 Å². The summed E-state index contributed by atoms with van der Waals surface area (Å²) in [7, 11) is -10.6. The molecule has 1 aliphatic rings. The molecule has 0 radical (unpaired) electrons. The van der Waals surface area contributed by atoms with Gasteiger partial charge in [0.25, 0.3) is 0 Å². The summed E-state index contributed by atoms with van der Waals surface area (Å²) >= 11 is 0. The zero-order chi connectivity index (χ0) is 43.9. The van der Waals surface area contributed by atoms with E-state index in [0.717, 1.165) is 51.4 Å². The molecule has 1 rings (SSSR count). The van der Waals surface area contributed by atoms with E-state index in [1.165, 1.54) is 103 Å². The highest BCUT2D eigenvalue weighted by Crippen LogP contribution is 2.48. The van der Waals surface area contributed by atoms with E-state index in [2.05, 4.69) is 18.4 Å². The normalized spacial score (nSPS) is 22.5. The van der Waals surface area contributed by atoms with E-state index in [0.29, 0.717) is 12.8 Å². The molecule has 7 N–H and O–H groups in total. The number of hydrogen-bond acceptors (Lipinski definition) is 13. The SMILES string of the molecule is CCCCCCCCCCCCCCCC(=O)OCC(COP(=O)(O)OC1C(O)C(O)C(OP(=O)(O)O)C(O)C1O)OC(=O)CCCCCCCCCCCCCCC. The summed E-state index contributed by atoms with van der Waals surface area (Å²) in [6.07, 6.45) is 15.1. The number of aliphatic hydroxyl groups excluding tert-OH is 4. The van der Waals surface area contributed by atoms with Gasteiger partial charge < -0.3 is 44.6 Å². The number of rotatable bonds is 38. The molecule has 1 saturated carbocycles. The predicted molar refractivity (Wildman–Crippen MR) is 223 cm³/mol. The van der Waals surface area contributed by atoms with E-state index in [1.807, 2.05) is 0 Å². The smallest absolute Gasteiger partial charge is 0.462 e. The molecule has 59 heavy (non-hydrogen) atoms. The van der Waals surface area contributed by atoms with Crippen molar-refractivity contribution in [3.63, 3.8) is 0 Å². The van der Waals surface area contributed by atoms with Gasteiger partial charge in [0.15, 0.2) is 6.10 Å². The van der Waals surface area contributed by atoms with E-state index in [4.69, 9.17) is 28.3 Å². The Bertz CT molecular complexity index is 1160. The standard InChI is InChI=1S/C41H80O16P2/c1-3-5-7-9-11-13-15-17-19-21-23-25-27-29-34(42)53-31-33(55-35(43)30-28-26-24-22-20-18-16-14-12-10-8-6-4-2)32-54-59(51,52)57-41-38(46)36(44)40(37(45)39(41)47)56-58(48,49)50/h33,36-41,44-47H,3-32H2,1-2H3,(H,51,52)(H2,48,49,50). The average Bonchev–Trinajstić information content (AvgIpc) is 3.18. The summed E-state index contributed by atoms with van der Waals surface area (Å²) in [5, 5.41) is 41.4. The van der Waals surface area contributed by atoms with Crippen molar-refractivity contribution >= 4 is 27.6 Å². The topological polar surface area (TPSA) is 256 Å². The van der Waals surface area contributed by atoms with Gasteiger partial charge in [0.2, 0.25) is 0 Å². The first-order valence-corrected chi connectivity index (χ1v) is 25.6. The number of phosphoric ester groups is 2. The van der Waals surface area contributed by atoms with Crippen molar-refractivity contribution in [1.82, 2.24) is 0 Å². The molecule has 0 aromatic rings. The van der Waals surface area contributed by atoms with Crippen molar-refractivity contribution in [2.24, 2.45) is 0 Å². The Hall–Kier alpha value is -1.00. The molecule has 0 bridgehead atoms. The molecule has 18 heteroatoms. The molecule has 0 spiro atoms. The second-order valence-electron chi connectivity index (χ2n) is 16.1. The quantitative estimate of drug-likeness (QED) is 0.0177. The lowest BCUT2D eigenvalue weighted by molar-refractivity contribution is -0.216. The Morgan fingerprint density at radius 2 is 0.797 bits per heavy atom. The molecule has 0 amide bonds. The van der Waals surface area contributed by atoms with Crippen molar-refractivity contribution in [1.29, 1.82) is 0 Å². The summed E-state index contributed by atoms with van der Waals surface area (Å²) in [6, 6.07) is 0. The molecule has 1 fully saturated rings. The van der Waals surface area contributed by atoms with Crippen LogP contribution in [0.2, 0.25) is 0 Å². The number of unbranched alkanes of at least 4 members (excludes halogenated alkanes) is 24. The summed E-state index contributed by atoms with van der Waals surface area (Å²) in [4.78, 5) is 53.9. The average molecular weight is 891 g/mol. The van der Waals surface area contributed by atoms with Gasteiger partial charge in [-0.15, -0.1) is 0 Å². The van der Waals surface area contributed by atoms with Gasteiger partial charge in [-0.25, -0.2) is 9.13 Å². The van der Waals surface area contributed by atoms with Crippen molar-refractivity contribution in [2.75, 3.05) is 13.2 Å². The molecule has 6 atom stereocenters. The van der Waals surface area contributed by atoms with Crippen LogP contribution in [0.4, 0.5) is 0 Å². The molecule has 350 valence electrons. The van der Waals surface area contributed by atoms with Crippen LogP contribution in [0, 0.1) is 0 Å². The molecule has 16 nitrogen and oxygen atoms in total. The van der Waals surface area contributed by atoms with Crippen LogP contribution in [0.15, 0.2) is 0 Å². The number of aliphatic hydroxyl groups is 4. The fourth-order valence-corrected chi connectivity index (χ4v) is 8.68. The number of esters is 2. The van der Waals surface area contributed by atoms with E-state index in [-0.39, 0.29) is 12.8 Å². The molecule has 6 unspecified atom stereocenters. The number of phosphoric acid groups is 2. The van der Waals surface area contributed by atoms with Crippen LogP contribution in [-0.4, -0.2) is 103 Å². The predicted octanol–water partition coefficient (Wildman–Crippen LogP) is 7.84. The molecule has 0 saturated heterocycles. The van der Waals surface area contributed by atoms with Gasteiger partial charge >= 0.3 is 27.6 Å².